The van der Waals surface area contributed by atoms with E-state index < -0.39 is 0 Å². The molecule has 4 heterocycles. The molecular formula is C27H28N8O. The second kappa shape index (κ2) is 8.99. The lowest BCUT2D eigenvalue weighted by molar-refractivity contribution is 0.102. The summed E-state index contributed by atoms with van der Waals surface area (Å²) in [5.41, 5.74) is 6.29. The number of amides is 1. The molecule has 0 bridgehead atoms. The number of benzene rings is 1. The number of pyridine rings is 1. The fourth-order valence-electron chi connectivity index (χ4n) is 4.31. The highest BCUT2D eigenvalue weighted by Crippen LogP contribution is 2.29. The van der Waals surface area contributed by atoms with Gasteiger partial charge in [0.2, 0.25) is 0 Å². The number of nitrogens with zero attached hydrogens (tertiary/aromatic N) is 7. The van der Waals surface area contributed by atoms with E-state index in [9.17, 15) is 4.79 Å². The molecule has 0 saturated carbocycles. The summed E-state index contributed by atoms with van der Waals surface area (Å²) >= 11 is 0. The van der Waals surface area contributed by atoms with Gasteiger partial charge in [-0.3, -0.25) is 4.79 Å². The topological polar surface area (TPSA) is 103 Å². The molecule has 1 aromatic carbocycles. The van der Waals surface area contributed by atoms with E-state index in [1.54, 1.807) is 16.9 Å². The predicted octanol–water partition coefficient (Wildman–Crippen LogP) is 5.14. The summed E-state index contributed by atoms with van der Waals surface area (Å²) in [6.45, 7) is 11.8. The molecule has 1 N–H and O–H groups in total. The molecule has 5 rings (SSSR count). The fourth-order valence-corrected chi connectivity index (χ4v) is 4.31. The lowest BCUT2D eigenvalue weighted by atomic mass is 10.0. The van der Waals surface area contributed by atoms with Gasteiger partial charge in [0.05, 0.1) is 28.5 Å². The first-order valence-corrected chi connectivity index (χ1v) is 11.9. The van der Waals surface area contributed by atoms with Crippen LogP contribution in [0.5, 0.6) is 0 Å². The van der Waals surface area contributed by atoms with Crippen molar-refractivity contribution < 1.29 is 4.79 Å². The van der Waals surface area contributed by atoms with Gasteiger partial charge in [-0.25, -0.2) is 19.6 Å². The molecule has 0 saturated heterocycles. The number of hydrogen-bond donors (Lipinski definition) is 1. The fraction of sp³-hybridized carbons (Fsp3) is 0.259. The van der Waals surface area contributed by atoms with Crippen LogP contribution < -0.4 is 5.32 Å². The van der Waals surface area contributed by atoms with Crippen molar-refractivity contribution in [3.05, 3.63) is 76.9 Å². The SMILES string of the molecule is Cc1cc(C)nc(-n2nc(C)cc2NC(=O)c2cc(-c3ccccc3C)nc3c2cnn3C(C)C)n1. The number of carbonyl (C=O) groups excluding carboxylic acids is 1. The van der Waals surface area contributed by atoms with E-state index in [0.717, 1.165) is 33.9 Å². The van der Waals surface area contributed by atoms with Gasteiger partial charge in [-0.2, -0.15) is 14.9 Å². The van der Waals surface area contributed by atoms with Crippen LogP contribution in [0.15, 0.2) is 48.7 Å². The highest BCUT2D eigenvalue weighted by molar-refractivity contribution is 6.12. The number of nitrogens with one attached hydrogen (secondary N) is 1. The number of carbonyl (C=O) groups is 1. The molecule has 0 aliphatic rings. The molecule has 0 radical (unpaired) electrons. The van der Waals surface area contributed by atoms with Crippen molar-refractivity contribution in [3.8, 4) is 17.2 Å². The molecule has 0 spiro atoms. The Balaban J connectivity index is 1.63. The third kappa shape index (κ3) is 4.24. The summed E-state index contributed by atoms with van der Waals surface area (Å²) in [7, 11) is 0. The van der Waals surface area contributed by atoms with Gasteiger partial charge in [0, 0.05) is 29.1 Å². The van der Waals surface area contributed by atoms with E-state index in [2.05, 4.69) is 25.5 Å². The summed E-state index contributed by atoms with van der Waals surface area (Å²) in [4.78, 5) is 27.7. The number of hydrogen-bond acceptors (Lipinski definition) is 6. The number of rotatable bonds is 5. The second-order valence-corrected chi connectivity index (χ2v) is 9.28. The second-order valence-electron chi connectivity index (χ2n) is 9.28. The smallest absolute Gasteiger partial charge is 0.257 e. The summed E-state index contributed by atoms with van der Waals surface area (Å²) < 4.78 is 3.40. The molecule has 9 heteroatoms. The first-order chi connectivity index (χ1) is 17.2. The molecule has 4 aromatic heterocycles. The van der Waals surface area contributed by atoms with E-state index in [4.69, 9.17) is 4.98 Å². The van der Waals surface area contributed by atoms with Crippen molar-refractivity contribution in [1.29, 1.82) is 0 Å². The monoisotopic (exact) mass is 480 g/mol. The van der Waals surface area contributed by atoms with E-state index in [-0.39, 0.29) is 11.9 Å². The standard InChI is InChI=1S/C27H28N8O/c1-15(2)34-25-22(14-28-34)21(13-23(31-25)20-10-8-7-9-16(20)3)26(36)32-24-12-19(6)33-35(24)27-29-17(4)11-18(5)30-27/h7-15H,1-6H3,(H,32,36). The maximum Gasteiger partial charge on any atom is 0.257 e. The van der Waals surface area contributed by atoms with Crippen molar-refractivity contribution >= 4 is 22.8 Å². The van der Waals surface area contributed by atoms with Crippen molar-refractivity contribution in [2.24, 2.45) is 0 Å². The number of anilines is 1. The van der Waals surface area contributed by atoms with E-state index in [0.29, 0.717) is 28.4 Å². The Hall–Kier alpha value is -4.40. The molecule has 0 atom stereocenters. The Kier molecular flexibility index (Phi) is 5.83. The van der Waals surface area contributed by atoms with Gasteiger partial charge >= 0.3 is 0 Å². The zero-order chi connectivity index (χ0) is 25.6. The van der Waals surface area contributed by atoms with Crippen LogP contribution in [0.3, 0.4) is 0 Å². The molecule has 0 aliphatic carbocycles. The number of fused-ring (bicyclic) bond motifs is 1. The Morgan fingerprint density at radius 3 is 2.33 bits per heavy atom. The van der Waals surface area contributed by atoms with E-state index in [1.165, 1.54) is 0 Å². The van der Waals surface area contributed by atoms with Gasteiger partial charge in [-0.05, 0) is 59.2 Å². The van der Waals surface area contributed by atoms with Gasteiger partial charge in [0.15, 0.2) is 5.65 Å². The number of aryl methyl sites for hydroxylation is 4. The van der Waals surface area contributed by atoms with Gasteiger partial charge in [-0.15, -0.1) is 0 Å². The average Bonchev–Trinajstić information content (AvgIpc) is 3.41. The van der Waals surface area contributed by atoms with E-state index >= 15 is 0 Å². The molecule has 36 heavy (non-hydrogen) atoms. The maximum absolute atomic E-state index is 13.7. The summed E-state index contributed by atoms with van der Waals surface area (Å²) in [6.07, 6.45) is 1.70. The minimum Gasteiger partial charge on any atom is -0.306 e. The Morgan fingerprint density at radius 2 is 1.64 bits per heavy atom. The molecule has 0 aliphatic heterocycles. The first-order valence-electron chi connectivity index (χ1n) is 11.9. The summed E-state index contributed by atoms with van der Waals surface area (Å²) in [5.74, 6) is 0.608. The van der Waals surface area contributed by atoms with Crippen molar-refractivity contribution in [3.63, 3.8) is 0 Å². The quantitative estimate of drug-likeness (QED) is 0.374. The highest BCUT2D eigenvalue weighted by Gasteiger charge is 2.21. The van der Waals surface area contributed by atoms with Gasteiger partial charge in [0.25, 0.3) is 11.9 Å². The average molecular weight is 481 g/mol. The molecule has 5 aromatic rings. The molecule has 0 fully saturated rings. The third-order valence-electron chi connectivity index (χ3n) is 5.95. The highest BCUT2D eigenvalue weighted by atomic mass is 16.1. The normalized spacial score (nSPS) is 11.4. The molecular weight excluding hydrogens is 452 g/mol. The minimum atomic E-state index is -0.286. The third-order valence-corrected chi connectivity index (χ3v) is 5.95. The van der Waals surface area contributed by atoms with Crippen LogP contribution in [0.2, 0.25) is 0 Å². The molecule has 9 nitrogen and oxygen atoms in total. The lowest BCUT2D eigenvalue weighted by Crippen LogP contribution is -2.17. The van der Waals surface area contributed by atoms with Gasteiger partial charge < -0.3 is 5.32 Å². The lowest BCUT2D eigenvalue weighted by Gasteiger charge is -2.13. The molecule has 182 valence electrons. The van der Waals surface area contributed by atoms with Crippen molar-refractivity contribution in [2.75, 3.05) is 5.32 Å². The largest absolute Gasteiger partial charge is 0.306 e. The Morgan fingerprint density at radius 1 is 0.917 bits per heavy atom. The number of aromatic nitrogens is 7. The first kappa shape index (κ1) is 23.3. The van der Waals surface area contributed by atoms with Crippen LogP contribution in [0, 0.1) is 27.7 Å². The van der Waals surface area contributed by atoms with Crippen LogP contribution in [-0.2, 0) is 0 Å². The van der Waals surface area contributed by atoms with Crippen molar-refractivity contribution in [2.45, 2.75) is 47.6 Å². The minimum absolute atomic E-state index is 0.0869. The maximum atomic E-state index is 13.7. The van der Waals surface area contributed by atoms with E-state index in [1.807, 2.05) is 82.6 Å². The van der Waals surface area contributed by atoms with Crippen LogP contribution >= 0.6 is 0 Å². The summed E-state index contributed by atoms with van der Waals surface area (Å²) in [6, 6.07) is 13.6. The van der Waals surface area contributed by atoms with Crippen molar-refractivity contribution in [1.82, 2.24) is 34.5 Å². The molecule has 0 unspecified atom stereocenters. The molecule has 1 amide bonds. The van der Waals surface area contributed by atoms with Gasteiger partial charge in [-0.1, -0.05) is 24.3 Å². The Labute approximate surface area is 209 Å². The van der Waals surface area contributed by atoms with Crippen LogP contribution in [0.1, 0.15) is 52.9 Å². The van der Waals surface area contributed by atoms with Crippen LogP contribution in [0.25, 0.3) is 28.2 Å². The summed E-state index contributed by atoms with van der Waals surface area (Å²) in [5, 5.41) is 12.8. The van der Waals surface area contributed by atoms with Crippen LogP contribution in [0.4, 0.5) is 5.82 Å². The van der Waals surface area contributed by atoms with Crippen LogP contribution in [-0.4, -0.2) is 40.4 Å². The predicted molar refractivity (Wildman–Crippen MR) is 139 cm³/mol. The van der Waals surface area contributed by atoms with Gasteiger partial charge in [0.1, 0.15) is 5.82 Å². The zero-order valence-corrected chi connectivity index (χ0v) is 21.2. The zero-order valence-electron chi connectivity index (χ0n) is 21.2. The Bertz CT molecular complexity index is 1590.